The number of halogens is 10. The van der Waals surface area contributed by atoms with Crippen LogP contribution < -0.4 is 16.4 Å². The fourth-order valence-electron chi connectivity index (χ4n) is 3.87. The van der Waals surface area contributed by atoms with Gasteiger partial charge in [-0.1, -0.05) is 43.2 Å². The molecule has 0 heterocycles. The van der Waals surface area contributed by atoms with Crippen molar-refractivity contribution in [3.05, 3.63) is 82.4 Å². The van der Waals surface area contributed by atoms with Gasteiger partial charge in [0.15, 0.2) is 5.82 Å². The molecule has 39 heavy (non-hydrogen) atoms. The van der Waals surface area contributed by atoms with Crippen molar-refractivity contribution in [2.45, 2.75) is 15.1 Å². The van der Waals surface area contributed by atoms with E-state index in [2.05, 4.69) is 10.6 Å². The summed E-state index contributed by atoms with van der Waals surface area (Å²) in [5.74, 6) is -6.72. The second kappa shape index (κ2) is 8.82. The summed E-state index contributed by atoms with van der Waals surface area (Å²) in [5.41, 5.74) is 3.37. The molecule has 1 aliphatic carbocycles. The zero-order valence-corrected chi connectivity index (χ0v) is 22.0. The van der Waals surface area contributed by atoms with E-state index in [1.807, 2.05) is 0 Å². The summed E-state index contributed by atoms with van der Waals surface area (Å²) in [6.07, 6.45) is 0. The lowest BCUT2D eigenvalue weighted by molar-refractivity contribution is -0.117. The minimum atomic E-state index is -10.0. The van der Waals surface area contributed by atoms with Gasteiger partial charge < -0.3 is 16.4 Å². The van der Waals surface area contributed by atoms with Gasteiger partial charge in [-0.3, -0.25) is 9.59 Å². The first-order chi connectivity index (χ1) is 17.7. The van der Waals surface area contributed by atoms with E-state index in [4.69, 9.17) is 40.5 Å². The highest BCUT2D eigenvalue weighted by molar-refractivity contribution is 8.45. The molecule has 1 fully saturated rings. The van der Waals surface area contributed by atoms with Gasteiger partial charge in [-0.25, -0.2) is 8.78 Å². The van der Waals surface area contributed by atoms with E-state index in [0.717, 1.165) is 30.3 Å². The molecule has 1 saturated carbocycles. The summed E-state index contributed by atoms with van der Waals surface area (Å²) in [5, 5.41) is 4.42. The Labute approximate surface area is 231 Å². The molecule has 0 bridgehead atoms. The topological polar surface area (TPSA) is 84.2 Å². The van der Waals surface area contributed by atoms with Crippen LogP contribution in [0.5, 0.6) is 0 Å². The highest BCUT2D eigenvalue weighted by Crippen LogP contribution is 3.02. The van der Waals surface area contributed by atoms with Crippen LogP contribution in [-0.2, 0) is 4.79 Å². The molecule has 3 aromatic rings. The molecule has 4 rings (SSSR count). The number of hydrogen-bond acceptors (Lipinski definition) is 3. The van der Waals surface area contributed by atoms with Crippen LogP contribution in [0.4, 0.5) is 45.3 Å². The van der Waals surface area contributed by atoms with Crippen molar-refractivity contribution in [1.82, 2.24) is 0 Å². The molecule has 0 aromatic heterocycles. The number of carbonyl (C=O) groups is 2. The van der Waals surface area contributed by atoms with E-state index >= 15 is 0 Å². The van der Waals surface area contributed by atoms with Crippen LogP contribution in [0.15, 0.2) is 59.5 Å². The van der Waals surface area contributed by atoms with Crippen LogP contribution in [0.25, 0.3) is 0 Å². The average Bonchev–Trinajstić information content (AvgIpc) is 3.41. The predicted molar refractivity (Wildman–Crippen MR) is 137 cm³/mol. The average molecular weight is 637 g/mol. The Balaban J connectivity index is 1.54. The molecule has 3 aromatic carbocycles. The third-order valence-corrected chi connectivity index (χ3v) is 8.27. The lowest BCUT2D eigenvalue weighted by atomic mass is 10.1. The molecule has 2 amide bonds. The lowest BCUT2D eigenvalue weighted by Crippen LogP contribution is -2.18. The standard InChI is InChI=1S/C23H15Cl3F7N3O2S/c24-14-5-4-11(9-13(14)21(37)36-16-7-6-15(27)20(34)19(16)28)35-22(38)18-17(23(18,25)26)10-2-1-3-12(8-10)39(29,30,31,32)33/h1-9,17-18H,34H2,(H,35,38)(H,36,37). The summed E-state index contributed by atoms with van der Waals surface area (Å²) >= 11 is 18.3. The van der Waals surface area contributed by atoms with Gasteiger partial charge in [-0.15, -0.1) is 23.2 Å². The van der Waals surface area contributed by atoms with Crippen LogP contribution in [0.1, 0.15) is 21.8 Å². The quantitative estimate of drug-likeness (QED) is 0.144. The lowest BCUT2D eigenvalue weighted by Gasteiger charge is -2.40. The Kier molecular flexibility index (Phi) is 6.58. The summed E-state index contributed by atoms with van der Waals surface area (Å²) in [4.78, 5) is 23.4. The molecule has 0 radical (unpaired) electrons. The molecular formula is C23H15Cl3F7N3O2S. The number of carbonyl (C=O) groups excluding carboxylic acids is 2. The first-order valence-electron chi connectivity index (χ1n) is 10.6. The van der Waals surface area contributed by atoms with Crippen LogP contribution in [0.2, 0.25) is 5.02 Å². The molecular weight excluding hydrogens is 622 g/mol. The number of alkyl halides is 2. The van der Waals surface area contributed by atoms with Crippen molar-refractivity contribution in [2.75, 3.05) is 16.4 Å². The number of amides is 2. The predicted octanol–water partition coefficient (Wildman–Crippen LogP) is 8.64. The minimum absolute atomic E-state index is 0.0378. The fraction of sp³-hybridized carbons (Fsp3) is 0.130. The van der Waals surface area contributed by atoms with E-state index in [0.29, 0.717) is 0 Å². The van der Waals surface area contributed by atoms with E-state index in [1.165, 1.54) is 12.1 Å². The van der Waals surface area contributed by atoms with Gasteiger partial charge in [0.2, 0.25) is 5.91 Å². The van der Waals surface area contributed by atoms with Crippen LogP contribution in [-0.4, -0.2) is 16.1 Å². The molecule has 0 saturated heterocycles. The highest BCUT2D eigenvalue weighted by Gasteiger charge is 2.69. The minimum Gasteiger partial charge on any atom is -0.394 e. The Morgan fingerprint density at radius 3 is 2.23 bits per heavy atom. The number of nitrogens with one attached hydrogen (secondary N) is 2. The van der Waals surface area contributed by atoms with E-state index in [-0.39, 0.29) is 34.0 Å². The highest BCUT2D eigenvalue weighted by atomic mass is 35.5. The number of hydrogen-bond donors (Lipinski definition) is 3. The van der Waals surface area contributed by atoms with Gasteiger partial charge >= 0.3 is 10.2 Å². The summed E-state index contributed by atoms with van der Waals surface area (Å²) in [6.45, 7) is 0. The molecule has 1 aliphatic rings. The summed E-state index contributed by atoms with van der Waals surface area (Å²) in [6, 6.07) is 7.56. The zero-order chi connectivity index (χ0) is 29.2. The largest absolute Gasteiger partial charge is 0.394 e. The van der Waals surface area contributed by atoms with Crippen molar-refractivity contribution in [1.29, 1.82) is 0 Å². The van der Waals surface area contributed by atoms with Crippen molar-refractivity contribution in [3.8, 4) is 0 Å². The maximum absolute atomic E-state index is 14.2. The van der Waals surface area contributed by atoms with Gasteiger partial charge in [0.25, 0.3) is 5.91 Å². The molecule has 0 aliphatic heterocycles. The van der Waals surface area contributed by atoms with Gasteiger partial charge in [0.05, 0.1) is 22.2 Å². The first kappa shape index (κ1) is 29.1. The second-order valence-electron chi connectivity index (χ2n) is 8.63. The Morgan fingerprint density at radius 2 is 1.59 bits per heavy atom. The smallest absolute Gasteiger partial charge is 0.310 e. The van der Waals surface area contributed by atoms with Gasteiger partial charge in [0, 0.05) is 11.6 Å². The van der Waals surface area contributed by atoms with Crippen molar-refractivity contribution >= 4 is 73.9 Å². The summed E-state index contributed by atoms with van der Waals surface area (Å²) < 4.78 is 91.9. The molecule has 2 unspecified atom stereocenters. The monoisotopic (exact) mass is 635 g/mol. The van der Waals surface area contributed by atoms with E-state index in [1.54, 1.807) is 0 Å². The third-order valence-electron chi connectivity index (χ3n) is 5.85. The van der Waals surface area contributed by atoms with Crippen molar-refractivity contribution in [3.63, 3.8) is 0 Å². The number of anilines is 3. The Morgan fingerprint density at radius 1 is 0.923 bits per heavy atom. The SMILES string of the molecule is Nc1c(F)ccc(NC(=O)c2cc(NC(=O)C3C(c4cccc(S(F)(F)(F)(F)F)c4)C3(Cl)Cl)ccc2Cl)c1F. The maximum atomic E-state index is 14.2. The fourth-order valence-corrected chi connectivity index (χ4v) is 5.59. The Hall–Kier alpha value is -2.87. The number of nitrogens with two attached hydrogens (primary N) is 1. The van der Waals surface area contributed by atoms with Crippen LogP contribution in [0, 0.1) is 17.6 Å². The zero-order valence-electron chi connectivity index (χ0n) is 18.9. The molecule has 0 spiro atoms. The van der Waals surface area contributed by atoms with Crippen LogP contribution >= 0.6 is 45.0 Å². The number of benzene rings is 3. The molecule has 16 heteroatoms. The first-order valence-corrected chi connectivity index (χ1v) is 13.7. The van der Waals surface area contributed by atoms with Crippen LogP contribution in [0.3, 0.4) is 0 Å². The number of rotatable bonds is 6. The van der Waals surface area contributed by atoms with Crippen molar-refractivity contribution in [2.24, 2.45) is 5.92 Å². The summed E-state index contributed by atoms with van der Waals surface area (Å²) in [7, 11) is -10.0. The van der Waals surface area contributed by atoms with E-state index in [9.17, 15) is 37.8 Å². The molecule has 210 valence electrons. The number of nitrogen functional groups attached to an aromatic ring is 1. The maximum Gasteiger partial charge on any atom is 0.310 e. The van der Waals surface area contributed by atoms with Gasteiger partial charge in [-0.2, -0.15) is 0 Å². The molecule has 2 atom stereocenters. The molecule has 5 nitrogen and oxygen atoms in total. The Bertz CT molecular complexity index is 1540. The second-order valence-corrected chi connectivity index (χ2v) is 12.9. The van der Waals surface area contributed by atoms with Crippen molar-refractivity contribution < 1.29 is 37.8 Å². The normalized spacial score (nSPS) is 19.9. The third kappa shape index (κ3) is 5.86. The molecule has 4 N–H and O–H groups in total. The van der Waals surface area contributed by atoms with Gasteiger partial charge in [0.1, 0.15) is 20.7 Å². The van der Waals surface area contributed by atoms with E-state index < -0.39 is 66.1 Å². The van der Waals surface area contributed by atoms with Gasteiger partial charge in [-0.05, 0) is 48.0 Å².